The fourth-order valence-corrected chi connectivity index (χ4v) is 5.35. The standard InChI is InChI=1S/C15H23F/c1-7(2)13-9(4)10-6-11(13)15-12(16)5-8(3)14(10)15/h7-8,10-15H,4-6H2,1-3H3/t8?,10?,11?,12-,13?,14?,15?/m1/s1. The van der Waals surface area contributed by atoms with Crippen LogP contribution in [0.3, 0.4) is 0 Å². The normalized spacial score (nSPS) is 55.1. The van der Waals surface area contributed by atoms with E-state index in [0.717, 1.165) is 6.42 Å². The Morgan fingerprint density at radius 1 is 1.25 bits per heavy atom. The van der Waals surface area contributed by atoms with Crippen LogP contribution < -0.4 is 0 Å². The topological polar surface area (TPSA) is 0 Å². The number of fused-ring (bicyclic) bond motifs is 5. The minimum atomic E-state index is -0.524. The Bertz CT molecular complexity index is 319. The second kappa shape index (κ2) is 3.34. The van der Waals surface area contributed by atoms with Gasteiger partial charge in [-0.1, -0.05) is 32.9 Å². The van der Waals surface area contributed by atoms with E-state index < -0.39 is 6.17 Å². The summed E-state index contributed by atoms with van der Waals surface area (Å²) in [6, 6.07) is 0. The number of allylic oxidation sites excluding steroid dienone is 1. The average molecular weight is 222 g/mol. The van der Waals surface area contributed by atoms with Gasteiger partial charge in [-0.2, -0.15) is 0 Å². The molecule has 0 aliphatic heterocycles. The van der Waals surface area contributed by atoms with Crippen LogP contribution in [-0.2, 0) is 0 Å². The van der Waals surface area contributed by atoms with Crippen LogP contribution in [0.2, 0.25) is 0 Å². The van der Waals surface area contributed by atoms with Crippen LogP contribution in [0, 0.1) is 41.4 Å². The maximum Gasteiger partial charge on any atom is 0.104 e. The molecule has 16 heavy (non-hydrogen) atoms. The molecule has 2 bridgehead atoms. The Morgan fingerprint density at radius 3 is 2.56 bits per heavy atom. The number of hydrogen-bond acceptors (Lipinski definition) is 0. The summed E-state index contributed by atoms with van der Waals surface area (Å²) in [6.45, 7) is 11.1. The summed E-state index contributed by atoms with van der Waals surface area (Å²) in [6.07, 6.45) is 1.52. The van der Waals surface area contributed by atoms with Crippen molar-refractivity contribution in [3.63, 3.8) is 0 Å². The summed E-state index contributed by atoms with van der Waals surface area (Å²) >= 11 is 0. The van der Waals surface area contributed by atoms with Crippen molar-refractivity contribution in [1.29, 1.82) is 0 Å². The number of hydrogen-bond donors (Lipinski definition) is 0. The molecule has 0 aromatic heterocycles. The highest BCUT2D eigenvalue weighted by Gasteiger charge is 2.61. The zero-order valence-corrected chi connectivity index (χ0v) is 10.6. The molecule has 0 saturated heterocycles. The van der Waals surface area contributed by atoms with Gasteiger partial charge in [0.05, 0.1) is 0 Å². The monoisotopic (exact) mass is 222 g/mol. The molecule has 3 aliphatic rings. The fraction of sp³-hybridized carbons (Fsp3) is 0.867. The lowest BCUT2D eigenvalue weighted by Crippen LogP contribution is -2.33. The van der Waals surface area contributed by atoms with E-state index in [-0.39, 0.29) is 0 Å². The van der Waals surface area contributed by atoms with Gasteiger partial charge in [0.1, 0.15) is 6.17 Å². The first-order valence-electron chi connectivity index (χ1n) is 6.85. The van der Waals surface area contributed by atoms with Crippen molar-refractivity contribution in [2.75, 3.05) is 0 Å². The minimum Gasteiger partial charge on any atom is -0.247 e. The Morgan fingerprint density at radius 2 is 1.94 bits per heavy atom. The molecule has 0 aromatic carbocycles. The van der Waals surface area contributed by atoms with Crippen molar-refractivity contribution in [1.82, 2.24) is 0 Å². The predicted molar refractivity (Wildman–Crippen MR) is 64.7 cm³/mol. The van der Waals surface area contributed by atoms with E-state index in [9.17, 15) is 4.39 Å². The summed E-state index contributed by atoms with van der Waals surface area (Å²) in [4.78, 5) is 0. The quantitative estimate of drug-likeness (QED) is 0.587. The fourth-order valence-electron chi connectivity index (χ4n) is 5.35. The summed E-state index contributed by atoms with van der Waals surface area (Å²) in [7, 11) is 0. The van der Waals surface area contributed by atoms with Crippen molar-refractivity contribution in [3.05, 3.63) is 12.2 Å². The second-order valence-electron chi connectivity index (χ2n) is 6.73. The largest absolute Gasteiger partial charge is 0.247 e. The number of rotatable bonds is 1. The maximum absolute atomic E-state index is 14.1. The molecule has 3 rings (SSSR count). The van der Waals surface area contributed by atoms with Gasteiger partial charge in [0.15, 0.2) is 0 Å². The van der Waals surface area contributed by atoms with Gasteiger partial charge in [-0.3, -0.25) is 0 Å². The van der Waals surface area contributed by atoms with E-state index in [2.05, 4.69) is 27.4 Å². The summed E-state index contributed by atoms with van der Waals surface area (Å²) in [5.74, 6) is 4.10. The Labute approximate surface area is 98.3 Å². The molecule has 3 aliphatic carbocycles. The van der Waals surface area contributed by atoms with Crippen molar-refractivity contribution in [2.24, 2.45) is 41.4 Å². The third-order valence-electron chi connectivity index (χ3n) is 5.69. The summed E-state index contributed by atoms with van der Waals surface area (Å²) < 4.78 is 14.1. The third kappa shape index (κ3) is 1.15. The molecule has 7 atom stereocenters. The van der Waals surface area contributed by atoms with Gasteiger partial charge in [-0.15, -0.1) is 0 Å². The highest BCUT2D eigenvalue weighted by Crippen LogP contribution is 2.66. The average Bonchev–Trinajstić information content (AvgIpc) is 2.77. The maximum atomic E-state index is 14.1. The first kappa shape index (κ1) is 10.8. The van der Waals surface area contributed by atoms with Gasteiger partial charge in [0.25, 0.3) is 0 Å². The molecular formula is C15H23F. The van der Waals surface area contributed by atoms with Crippen LogP contribution in [0.25, 0.3) is 0 Å². The Kier molecular flexibility index (Phi) is 2.25. The highest BCUT2D eigenvalue weighted by molar-refractivity contribution is 5.25. The molecule has 0 radical (unpaired) electrons. The Hall–Kier alpha value is -0.330. The predicted octanol–water partition coefficient (Wildman–Crippen LogP) is 4.07. The van der Waals surface area contributed by atoms with Crippen molar-refractivity contribution < 1.29 is 4.39 Å². The zero-order chi connectivity index (χ0) is 11.6. The smallest absolute Gasteiger partial charge is 0.104 e. The van der Waals surface area contributed by atoms with Gasteiger partial charge in [0, 0.05) is 0 Å². The van der Waals surface area contributed by atoms with Crippen LogP contribution in [0.4, 0.5) is 4.39 Å². The first-order chi connectivity index (χ1) is 7.52. The van der Waals surface area contributed by atoms with Gasteiger partial charge < -0.3 is 0 Å². The van der Waals surface area contributed by atoms with Crippen LogP contribution in [0.15, 0.2) is 12.2 Å². The Balaban J connectivity index is 1.94. The van der Waals surface area contributed by atoms with Crippen LogP contribution in [0.5, 0.6) is 0 Å². The molecule has 0 amide bonds. The van der Waals surface area contributed by atoms with Gasteiger partial charge in [-0.05, 0) is 54.3 Å². The molecule has 0 nitrogen and oxygen atoms in total. The second-order valence-corrected chi connectivity index (χ2v) is 6.73. The molecule has 3 saturated carbocycles. The van der Waals surface area contributed by atoms with E-state index in [1.165, 1.54) is 12.0 Å². The van der Waals surface area contributed by atoms with Crippen LogP contribution >= 0.6 is 0 Å². The molecule has 90 valence electrons. The SMILES string of the molecule is C=C1C2CC(C1C(C)C)C1C2C(C)C[C@H]1F. The third-order valence-corrected chi connectivity index (χ3v) is 5.69. The summed E-state index contributed by atoms with van der Waals surface area (Å²) in [5, 5.41) is 0. The van der Waals surface area contributed by atoms with E-state index in [1.54, 1.807) is 0 Å². The minimum absolute atomic E-state index is 0.373. The molecule has 6 unspecified atom stereocenters. The molecule has 0 N–H and O–H groups in total. The van der Waals surface area contributed by atoms with E-state index in [4.69, 9.17) is 0 Å². The lowest BCUT2D eigenvalue weighted by molar-refractivity contribution is 0.130. The molecule has 0 spiro atoms. The van der Waals surface area contributed by atoms with E-state index in [1.807, 2.05) is 0 Å². The number of alkyl halides is 1. The van der Waals surface area contributed by atoms with Crippen molar-refractivity contribution >= 4 is 0 Å². The molecule has 3 fully saturated rings. The van der Waals surface area contributed by atoms with E-state index >= 15 is 0 Å². The van der Waals surface area contributed by atoms with Crippen molar-refractivity contribution in [3.8, 4) is 0 Å². The summed E-state index contributed by atoms with van der Waals surface area (Å²) in [5.41, 5.74) is 1.46. The van der Waals surface area contributed by atoms with Gasteiger partial charge in [0.2, 0.25) is 0 Å². The molecule has 0 heterocycles. The van der Waals surface area contributed by atoms with Gasteiger partial charge >= 0.3 is 0 Å². The number of halogens is 1. The molecule has 1 heteroatoms. The molecular weight excluding hydrogens is 199 g/mol. The van der Waals surface area contributed by atoms with E-state index in [0.29, 0.717) is 41.4 Å². The molecule has 0 aromatic rings. The lowest BCUT2D eigenvalue weighted by Gasteiger charge is -2.37. The lowest BCUT2D eigenvalue weighted by atomic mass is 9.68. The van der Waals surface area contributed by atoms with Crippen molar-refractivity contribution in [2.45, 2.75) is 39.8 Å². The van der Waals surface area contributed by atoms with Crippen LogP contribution in [0.1, 0.15) is 33.6 Å². The zero-order valence-electron chi connectivity index (χ0n) is 10.6. The first-order valence-corrected chi connectivity index (χ1v) is 6.85. The van der Waals surface area contributed by atoms with Gasteiger partial charge in [-0.25, -0.2) is 4.39 Å². The van der Waals surface area contributed by atoms with Crippen LogP contribution in [-0.4, -0.2) is 6.17 Å². The highest BCUT2D eigenvalue weighted by atomic mass is 19.1.